The van der Waals surface area contributed by atoms with Crippen LogP contribution in [-0.2, 0) is 16.4 Å². The molecule has 6 heteroatoms. The second-order valence-electron chi connectivity index (χ2n) is 4.18. The minimum Gasteiger partial charge on any atom is -0.297 e. The van der Waals surface area contributed by atoms with Crippen molar-refractivity contribution in [1.82, 2.24) is 4.90 Å². The normalized spacial score (nSPS) is 24.1. The zero-order valence-corrected chi connectivity index (χ0v) is 12.2. The lowest BCUT2D eigenvalue weighted by Gasteiger charge is -2.22. The molecule has 1 unspecified atom stereocenters. The first-order valence-electron chi connectivity index (χ1n) is 5.11. The van der Waals surface area contributed by atoms with Crippen LogP contribution in [0.1, 0.15) is 11.3 Å². The third-order valence-electron chi connectivity index (χ3n) is 2.87. The van der Waals surface area contributed by atoms with E-state index in [1.54, 1.807) is 11.3 Å². The topological polar surface area (TPSA) is 37.4 Å². The molecule has 3 nitrogen and oxygen atoms in total. The Kier molecular flexibility index (Phi) is 3.73. The summed E-state index contributed by atoms with van der Waals surface area (Å²) in [7, 11) is -0.776. The summed E-state index contributed by atoms with van der Waals surface area (Å²) in [4.78, 5) is 3.40. The van der Waals surface area contributed by atoms with Crippen molar-refractivity contribution in [3.05, 3.63) is 20.8 Å². The van der Waals surface area contributed by atoms with Crippen LogP contribution in [0.15, 0.2) is 15.9 Å². The number of hydrogen-bond donors (Lipinski definition) is 0. The van der Waals surface area contributed by atoms with Crippen molar-refractivity contribution < 1.29 is 8.42 Å². The van der Waals surface area contributed by atoms with Crippen molar-refractivity contribution >= 4 is 37.1 Å². The minimum atomic E-state index is -2.78. The lowest BCUT2D eigenvalue weighted by Crippen LogP contribution is -2.31. The second-order valence-corrected chi connectivity index (χ2v) is 8.95. The molecule has 16 heavy (non-hydrogen) atoms. The van der Waals surface area contributed by atoms with Gasteiger partial charge in [-0.1, -0.05) is 0 Å². The number of sulfone groups is 1. The van der Waals surface area contributed by atoms with Crippen LogP contribution in [0, 0.1) is 0 Å². The predicted molar refractivity (Wildman–Crippen MR) is 70.5 cm³/mol. The molecule has 1 saturated heterocycles. The molecule has 0 radical (unpaired) electrons. The fraction of sp³-hybridized carbons (Fsp3) is 0.600. The van der Waals surface area contributed by atoms with E-state index in [0.29, 0.717) is 11.5 Å². The second kappa shape index (κ2) is 4.76. The van der Waals surface area contributed by atoms with E-state index in [-0.39, 0.29) is 6.04 Å². The largest absolute Gasteiger partial charge is 0.297 e. The highest BCUT2D eigenvalue weighted by Gasteiger charge is 2.30. The molecule has 1 atom stereocenters. The summed E-state index contributed by atoms with van der Waals surface area (Å²) in [5.74, 6) is 0.659. The highest BCUT2D eigenvalue weighted by Crippen LogP contribution is 2.25. The van der Waals surface area contributed by atoms with Gasteiger partial charge in [0.1, 0.15) is 0 Å². The van der Waals surface area contributed by atoms with Gasteiger partial charge in [-0.2, -0.15) is 0 Å². The van der Waals surface area contributed by atoms with Crippen LogP contribution < -0.4 is 0 Å². The molecule has 0 amide bonds. The van der Waals surface area contributed by atoms with Crippen LogP contribution in [0.25, 0.3) is 0 Å². The number of nitrogens with zero attached hydrogens (tertiary/aromatic N) is 1. The number of hydrogen-bond acceptors (Lipinski definition) is 4. The Hall–Kier alpha value is 0.0900. The summed E-state index contributed by atoms with van der Waals surface area (Å²) in [6, 6.07) is 4.29. The molecule has 0 aliphatic carbocycles. The lowest BCUT2D eigenvalue weighted by molar-refractivity contribution is 0.256. The molecule has 0 spiro atoms. The van der Waals surface area contributed by atoms with E-state index in [1.807, 2.05) is 13.1 Å². The molecule has 1 aliphatic rings. The third kappa shape index (κ3) is 3.06. The predicted octanol–water partition coefficient (Wildman–Crippen LogP) is 2.13. The molecule has 0 saturated carbocycles. The number of halogens is 1. The SMILES string of the molecule is CN(Cc1ccc(Br)s1)C1CCS(=O)(=O)C1. The Labute approximate surface area is 109 Å². The molecule has 0 aromatic carbocycles. The monoisotopic (exact) mass is 323 g/mol. The first-order chi connectivity index (χ1) is 7.46. The van der Waals surface area contributed by atoms with E-state index in [0.717, 1.165) is 16.8 Å². The highest BCUT2D eigenvalue weighted by molar-refractivity contribution is 9.11. The van der Waals surface area contributed by atoms with Gasteiger partial charge in [0.05, 0.1) is 15.3 Å². The van der Waals surface area contributed by atoms with Gasteiger partial charge in [0.15, 0.2) is 9.84 Å². The van der Waals surface area contributed by atoms with E-state index in [9.17, 15) is 8.42 Å². The standard InChI is InChI=1S/C10H14BrNO2S2/c1-12(6-9-2-3-10(11)15-9)8-4-5-16(13,14)7-8/h2-3,8H,4-7H2,1H3. The summed E-state index contributed by atoms with van der Waals surface area (Å²) in [5, 5.41) is 0. The van der Waals surface area contributed by atoms with E-state index in [4.69, 9.17) is 0 Å². The molecular formula is C10H14BrNO2S2. The highest BCUT2D eigenvalue weighted by atomic mass is 79.9. The van der Waals surface area contributed by atoms with Gasteiger partial charge in [-0.15, -0.1) is 11.3 Å². The molecule has 90 valence electrons. The number of thiophene rings is 1. The van der Waals surface area contributed by atoms with Crippen molar-refractivity contribution in [3.63, 3.8) is 0 Å². The van der Waals surface area contributed by atoms with Gasteiger partial charge < -0.3 is 0 Å². The zero-order chi connectivity index (χ0) is 11.8. The molecule has 1 aliphatic heterocycles. The quantitative estimate of drug-likeness (QED) is 0.855. The molecule has 2 heterocycles. The average molecular weight is 324 g/mol. The van der Waals surface area contributed by atoms with Gasteiger partial charge in [0.25, 0.3) is 0 Å². The summed E-state index contributed by atoms with van der Waals surface area (Å²) in [6.07, 6.45) is 0.769. The third-order valence-corrected chi connectivity index (χ3v) is 6.22. The Balaban J connectivity index is 1.96. The van der Waals surface area contributed by atoms with Crippen molar-refractivity contribution in [2.24, 2.45) is 0 Å². The van der Waals surface area contributed by atoms with E-state index >= 15 is 0 Å². The molecule has 0 bridgehead atoms. The zero-order valence-electron chi connectivity index (χ0n) is 9.02. The van der Waals surface area contributed by atoms with Crippen molar-refractivity contribution in [2.45, 2.75) is 19.0 Å². The van der Waals surface area contributed by atoms with Crippen LogP contribution in [0.3, 0.4) is 0 Å². The lowest BCUT2D eigenvalue weighted by atomic mass is 10.2. The van der Waals surface area contributed by atoms with Crippen LogP contribution in [0.2, 0.25) is 0 Å². The number of rotatable bonds is 3. The molecule has 1 aromatic rings. The van der Waals surface area contributed by atoms with Gasteiger partial charge in [-0.25, -0.2) is 8.42 Å². The Morgan fingerprint density at radius 3 is 2.81 bits per heavy atom. The fourth-order valence-electron chi connectivity index (χ4n) is 1.93. The van der Waals surface area contributed by atoms with Crippen LogP contribution >= 0.6 is 27.3 Å². The maximum atomic E-state index is 11.4. The van der Waals surface area contributed by atoms with E-state index < -0.39 is 9.84 Å². The van der Waals surface area contributed by atoms with Gasteiger partial charge in [0, 0.05) is 17.5 Å². The van der Waals surface area contributed by atoms with Crippen molar-refractivity contribution in [2.75, 3.05) is 18.6 Å². The van der Waals surface area contributed by atoms with Crippen LogP contribution in [-0.4, -0.2) is 37.9 Å². The average Bonchev–Trinajstić information content (AvgIpc) is 2.72. The Morgan fingerprint density at radius 1 is 1.56 bits per heavy atom. The summed E-state index contributed by atoms with van der Waals surface area (Å²) >= 11 is 5.13. The van der Waals surface area contributed by atoms with Crippen LogP contribution in [0.5, 0.6) is 0 Å². The molecule has 1 fully saturated rings. The summed E-state index contributed by atoms with van der Waals surface area (Å²) in [5.41, 5.74) is 0. The first-order valence-corrected chi connectivity index (χ1v) is 8.54. The maximum Gasteiger partial charge on any atom is 0.151 e. The Morgan fingerprint density at radius 2 is 2.31 bits per heavy atom. The van der Waals surface area contributed by atoms with E-state index in [1.165, 1.54) is 4.88 Å². The maximum absolute atomic E-state index is 11.4. The molecular weight excluding hydrogens is 310 g/mol. The van der Waals surface area contributed by atoms with Crippen LogP contribution in [0.4, 0.5) is 0 Å². The van der Waals surface area contributed by atoms with Gasteiger partial charge in [-0.05, 0) is 41.5 Å². The van der Waals surface area contributed by atoms with Gasteiger partial charge >= 0.3 is 0 Å². The van der Waals surface area contributed by atoms with Crippen molar-refractivity contribution in [3.8, 4) is 0 Å². The molecule has 2 rings (SSSR count). The van der Waals surface area contributed by atoms with Crippen molar-refractivity contribution in [1.29, 1.82) is 0 Å². The van der Waals surface area contributed by atoms with E-state index in [2.05, 4.69) is 26.9 Å². The van der Waals surface area contributed by atoms with Gasteiger partial charge in [0.2, 0.25) is 0 Å². The van der Waals surface area contributed by atoms with Gasteiger partial charge in [-0.3, -0.25) is 4.90 Å². The smallest absolute Gasteiger partial charge is 0.151 e. The first kappa shape index (κ1) is 12.5. The molecule has 1 aromatic heterocycles. The fourth-order valence-corrected chi connectivity index (χ4v) is 5.29. The molecule has 0 N–H and O–H groups in total. The minimum absolute atomic E-state index is 0.186. The summed E-state index contributed by atoms with van der Waals surface area (Å²) in [6.45, 7) is 0.830. The Bertz CT molecular complexity index is 469. The summed E-state index contributed by atoms with van der Waals surface area (Å²) < 4.78 is 23.9.